The first-order chi connectivity index (χ1) is 7.16. The van der Waals surface area contributed by atoms with E-state index in [1.54, 1.807) is 0 Å². The van der Waals surface area contributed by atoms with Crippen LogP contribution in [-0.2, 0) is 15.4 Å². The Kier molecular flexibility index (Phi) is 3.59. The zero-order chi connectivity index (χ0) is 12.6. The lowest BCUT2D eigenvalue weighted by Gasteiger charge is -2.25. The van der Waals surface area contributed by atoms with Gasteiger partial charge in [-0.05, 0) is 28.0 Å². The maximum atomic E-state index is 11.1. The van der Waals surface area contributed by atoms with Crippen molar-refractivity contribution < 1.29 is 4.57 Å². The van der Waals surface area contributed by atoms with Gasteiger partial charge in [0.2, 0.25) is 0 Å². The van der Waals surface area contributed by atoms with Gasteiger partial charge in [0.05, 0.1) is 0 Å². The van der Waals surface area contributed by atoms with E-state index in [0.717, 1.165) is 5.30 Å². The third-order valence-electron chi connectivity index (χ3n) is 2.77. The highest BCUT2D eigenvalue weighted by Crippen LogP contribution is 2.28. The Bertz CT molecular complexity index is 394. The Morgan fingerprint density at radius 1 is 0.938 bits per heavy atom. The molecule has 0 unspecified atom stereocenters. The third kappa shape index (κ3) is 2.92. The van der Waals surface area contributed by atoms with Crippen LogP contribution in [-0.4, -0.2) is 0 Å². The largest absolute Gasteiger partial charge is 0.269 e. The second-order valence-electron chi connectivity index (χ2n) is 6.32. The predicted octanol–water partition coefficient (Wildman–Crippen LogP) is 4.20. The van der Waals surface area contributed by atoms with Crippen LogP contribution in [0.4, 0.5) is 0 Å². The first-order valence-corrected chi connectivity index (χ1v) is 6.46. The van der Waals surface area contributed by atoms with Crippen LogP contribution in [0.3, 0.4) is 0 Å². The van der Waals surface area contributed by atoms with Gasteiger partial charge in [-0.3, -0.25) is 4.57 Å². The van der Waals surface area contributed by atoms with Crippen molar-refractivity contribution >= 4 is 13.8 Å². The Labute approximate surface area is 100 Å². The van der Waals surface area contributed by atoms with Gasteiger partial charge >= 0.3 is 0 Å². The van der Waals surface area contributed by atoms with Crippen molar-refractivity contribution in [1.82, 2.24) is 0 Å². The molecule has 0 amide bonds. The van der Waals surface area contributed by atoms with E-state index in [0.29, 0.717) is 0 Å². The second kappa shape index (κ2) is 4.30. The predicted molar refractivity (Wildman–Crippen MR) is 71.1 cm³/mol. The first-order valence-electron chi connectivity index (χ1n) is 5.64. The van der Waals surface area contributed by atoms with Gasteiger partial charge in [-0.2, -0.15) is 0 Å². The van der Waals surface area contributed by atoms with Gasteiger partial charge in [0.1, 0.15) is 0 Å². The van der Waals surface area contributed by atoms with E-state index in [9.17, 15) is 4.57 Å². The molecule has 16 heavy (non-hydrogen) atoms. The molecule has 0 atom stereocenters. The number of rotatable bonds is 1. The molecular weight excluding hydrogens is 215 g/mol. The molecule has 1 aromatic carbocycles. The van der Waals surface area contributed by atoms with Gasteiger partial charge in [0.15, 0.2) is 8.46 Å². The van der Waals surface area contributed by atoms with Crippen LogP contribution < -0.4 is 5.30 Å². The molecule has 0 N–H and O–H groups in total. The lowest BCUT2D eigenvalue weighted by Crippen LogP contribution is -2.22. The molecule has 1 aromatic rings. The van der Waals surface area contributed by atoms with E-state index in [1.807, 2.05) is 6.07 Å². The smallest absolute Gasteiger partial charge is 0.192 e. The Hall–Kier alpha value is -0.680. The minimum atomic E-state index is 0.0357. The molecule has 1 rings (SSSR count). The molecular formula is C14H21OP. The van der Waals surface area contributed by atoms with Crippen LogP contribution in [0, 0.1) is 0 Å². The van der Waals surface area contributed by atoms with Crippen LogP contribution in [0.15, 0.2) is 18.2 Å². The van der Waals surface area contributed by atoms with Crippen molar-refractivity contribution in [3.63, 3.8) is 0 Å². The van der Waals surface area contributed by atoms with Gasteiger partial charge in [0, 0.05) is 5.30 Å². The molecule has 0 saturated heterocycles. The van der Waals surface area contributed by atoms with Gasteiger partial charge in [0.25, 0.3) is 0 Å². The summed E-state index contributed by atoms with van der Waals surface area (Å²) in [6.07, 6.45) is 0. The van der Waals surface area contributed by atoms with Gasteiger partial charge in [-0.15, -0.1) is 0 Å². The van der Waals surface area contributed by atoms with E-state index < -0.39 is 0 Å². The number of hydrogen-bond donors (Lipinski definition) is 0. The molecule has 0 saturated carbocycles. The van der Waals surface area contributed by atoms with Crippen molar-refractivity contribution in [3.8, 4) is 0 Å². The van der Waals surface area contributed by atoms with Gasteiger partial charge in [-0.25, -0.2) is 0 Å². The maximum absolute atomic E-state index is 11.1. The van der Waals surface area contributed by atoms with E-state index in [-0.39, 0.29) is 19.3 Å². The molecule has 0 aliphatic heterocycles. The van der Waals surface area contributed by atoms with Crippen LogP contribution in [0.5, 0.6) is 0 Å². The first kappa shape index (κ1) is 13.4. The Balaban J connectivity index is 3.39. The fourth-order valence-corrected chi connectivity index (χ4v) is 2.32. The third-order valence-corrected chi connectivity index (χ3v) is 3.36. The van der Waals surface area contributed by atoms with Crippen molar-refractivity contribution in [2.75, 3.05) is 0 Å². The summed E-state index contributed by atoms with van der Waals surface area (Å²) in [7, 11) is 0.112. The Morgan fingerprint density at radius 2 is 1.50 bits per heavy atom. The van der Waals surface area contributed by atoms with Crippen LogP contribution in [0.25, 0.3) is 0 Å². The monoisotopic (exact) mass is 236 g/mol. The summed E-state index contributed by atoms with van der Waals surface area (Å²) < 4.78 is 11.1. The average Bonchev–Trinajstić information content (AvgIpc) is 2.14. The molecule has 0 fully saturated rings. The highest BCUT2D eigenvalue weighted by atomic mass is 31.1. The van der Waals surface area contributed by atoms with E-state index in [4.69, 9.17) is 0 Å². The molecule has 88 valence electrons. The molecule has 0 spiro atoms. The highest BCUT2D eigenvalue weighted by Gasteiger charge is 2.22. The zero-order valence-corrected chi connectivity index (χ0v) is 12.0. The second-order valence-corrected chi connectivity index (χ2v) is 6.99. The summed E-state index contributed by atoms with van der Waals surface area (Å²) in [5.41, 5.74) is 2.65. The van der Waals surface area contributed by atoms with E-state index in [1.165, 1.54) is 11.1 Å². The average molecular weight is 236 g/mol. The molecule has 0 bridgehead atoms. The molecule has 2 heteroatoms. The van der Waals surface area contributed by atoms with Crippen LogP contribution in [0.1, 0.15) is 52.7 Å². The lowest BCUT2D eigenvalue weighted by atomic mass is 9.81. The highest BCUT2D eigenvalue weighted by molar-refractivity contribution is 7.34. The minimum Gasteiger partial charge on any atom is -0.269 e. The van der Waals surface area contributed by atoms with Crippen molar-refractivity contribution in [2.24, 2.45) is 0 Å². The van der Waals surface area contributed by atoms with Gasteiger partial charge in [-0.1, -0.05) is 53.7 Å². The van der Waals surface area contributed by atoms with Crippen molar-refractivity contribution in [1.29, 1.82) is 0 Å². The SMILES string of the molecule is CC(C)(C)c1ccc(P=O)c(C(C)(C)C)c1. The standard InChI is InChI=1S/C14H21OP/c1-13(2,3)10-7-8-12(16-15)11(9-10)14(4,5)6/h7-9H,1-6H3. The molecule has 0 aromatic heterocycles. The summed E-state index contributed by atoms with van der Waals surface area (Å²) in [4.78, 5) is 0. The summed E-state index contributed by atoms with van der Waals surface area (Å²) in [6, 6.07) is 6.26. The number of benzene rings is 1. The molecule has 1 nitrogen and oxygen atoms in total. The summed E-state index contributed by atoms with van der Waals surface area (Å²) >= 11 is 0. The molecule has 0 aliphatic carbocycles. The molecule has 0 aliphatic rings. The normalized spacial score (nSPS) is 13.1. The van der Waals surface area contributed by atoms with Crippen LogP contribution >= 0.6 is 8.46 Å². The fourth-order valence-electron chi connectivity index (χ4n) is 1.68. The van der Waals surface area contributed by atoms with Crippen LogP contribution in [0.2, 0.25) is 0 Å². The quantitative estimate of drug-likeness (QED) is 0.668. The van der Waals surface area contributed by atoms with Crippen molar-refractivity contribution in [3.05, 3.63) is 29.3 Å². The van der Waals surface area contributed by atoms with Crippen molar-refractivity contribution in [2.45, 2.75) is 52.4 Å². The number of hydrogen-bond acceptors (Lipinski definition) is 1. The topological polar surface area (TPSA) is 17.1 Å². The fraction of sp³-hybridized carbons (Fsp3) is 0.571. The minimum absolute atomic E-state index is 0.0357. The maximum Gasteiger partial charge on any atom is 0.192 e. The summed E-state index contributed by atoms with van der Waals surface area (Å²) in [5.74, 6) is 0. The zero-order valence-electron chi connectivity index (χ0n) is 11.1. The summed E-state index contributed by atoms with van der Waals surface area (Å²) in [5, 5.41) is 0.903. The summed E-state index contributed by atoms with van der Waals surface area (Å²) in [6.45, 7) is 13.1. The molecule has 0 heterocycles. The van der Waals surface area contributed by atoms with E-state index in [2.05, 4.69) is 53.7 Å². The van der Waals surface area contributed by atoms with E-state index >= 15 is 0 Å². The molecule has 0 radical (unpaired) electrons. The Morgan fingerprint density at radius 3 is 1.88 bits per heavy atom. The lowest BCUT2D eigenvalue weighted by molar-refractivity contribution is 0.569. The van der Waals surface area contributed by atoms with Gasteiger partial charge < -0.3 is 0 Å².